The van der Waals surface area contributed by atoms with Crippen LogP contribution in [0.15, 0.2) is 58.1 Å². The molecule has 0 amide bonds. The molecule has 3 heterocycles. The molecule has 35 heavy (non-hydrogen) atoms. The molecule has 2 N–H and O–H groups in total. The highest BCUT2D eigenvalue weighted by atomic mass is 16.2. The summed E-state index contributed by atoms with van der Waals surface area (Å²) in [7, 11) is 0. The Labute approximate surface area is 200 Å². The number of aromatic nitrogens is 8. The van der Waals surface area contributed by atoms with E-state index in [9.17, 15) is 9.59 Å². The number of hydrogen-bond acceptors (Lipinski definition) is 6. The first-order valence-corrected chi connectivity index (χ1v) is 11.6. The number of aryl methyl sites for hydroxylation is 1. The number of imidazole rings is 1. The number of nitrogens with zero attached hydrogens (tertiary/aromatic N) is 6. The van der Waals surface area contributed by atoms with Crippen molar-refractivity contribution in [3.63, 3.8) is 0 Å². The second kappa shape index (κ2) is 9.13. The van der Waals surface area contributed by atoms with Crippen LogP contribution in [0, 0.1) is 5.92 Å². The number of H-pyrrole nitrogens is 2. The number of fused-ring (bicyclic) bond motifs is 1. The van der Waals surface area contributed by atoms with Crippen LogP contribution in [0.5, 0.6) is 0 Å². The number of aromatic amines is 2. The van der Waals surface area contributed by atoms with E-state index in [-0.39, 0.29) is 5.92 Å². The predicted octanol–water partition coefficient (Wildman–Crippen LogP) is 3.00. The summed E-state index contributed by atoms with van der Waals surface area (Å²) in [4.78, 5) is 32.5. The van der Waals surface area contributed by atoms with Gasteiger partial charge in [-0.15, -0.1) is 10.2 Å². The van der Waals surface area contributed by atoms with Gasteiger partial charge in [0.25, 0.3) is 5.56 Å². The van der Waals surface area contributed by atoms with E-state index in [1.165, 1.54) is 0 Å². The zero-order valence-corrected chi connectivity index (χ0v) is 19.8. The van der Waals surface area contributed by atoms with Crippen molar-refractivity contribution in [2.75, 3.05) is 0 Å². The number of rotatable bonds is 7. The Balaban J connectivity index is 1.54. The lowest BCUT2D eigenvalue weighted by Gasteiger charge is -2.11. The fraction of sp³-hybridized carbons (Fsp3) is 0.280. The molecule has 5 aromatic rings. The minimum absolute atomic E-state index is 0.236. The molecule has 0 saturated carbocycles. The maximum Gasteiger partial charge on any atom is 0.330 e. The molecule has 0 unspecified atom stereocenters. The van der Waals surface area contributed by atoms with E-state index in [2.05, 4.69) is 25.6 Å². The minimum atomic E-state index is -0.423. The third kappa shape index (κ3) is 4.18. The molecular formula is C25H26N8O2. The summed E-state index contributed by atoms with van der Waals surface area (Å²) in [5.74, 6) is 1.54. The minimum Gasteiger partial charge on any atom is -0.318 e. The van der Waals surface area contributed by atoms with E-state index in [4.69, 9.17) is 4.98 Å². The fourth-order valence-electron chi connectivity index (χ4n) is 4.37. The molecule has 0 atom stereocenters. The highest BCUT2D eigenvalue weighted by Crippen LogP contribution is 2.30. The molecule has 3 aromatic heterocycles. The van der Waals surface area contributed by atoms with Crippen molar-refractivity contribution in [1.29, 1.82) is 0 Å². The van der Waals surface area contributed by atoms with Crippen molar-refractivity contribution >= 4 is 11.2 Å². The molecule has 10 nitrogen and oxygen atoms in total. The third-order valence-corrected chi connectivity index (χ3v) is 5.95. The summed E-state index contributed by atoms with van der Waals surface area (Å²) < 4.78 is 3.47. The van der Waals surface area contributed by atoms with Gasteiger partial charge in [-0.2, -0.15) is 5.21 Å². The highest BCUT2D eigenvalue weighted by molar-refractivity contribution is 5.80. The van der Waals surface area contributed by atoms with Gasteiger partial charge in [-0.25, -0.2) is 9.78 Å². The van der Waals surface area contributed by atoms with Crippen LogP contribution in [0.1, 0.15) is 32.2 Å². The molecule has 0 spiro atoms. The summed E-state index contributed by atoms with van der Waals surface area (Å²) in [5, 5.41) is 14.4. The summed E-state index contributed by atoms with van der Waals surface area (Å²) in [6, 6.07) is 16.0. The topological polar surface area (TPSA) is 127 Å². The molecule has 0 aliphatic rings. The van der Waals surface area contributed by atoms with Gasteiger partial charge in [0.2, 0.25) is 5.82 Å². The van der Waals surface area contributed by atoms with Gasteiger partial charge in [-0.1, -0.05) is 69.3 Å². The Kier molecular flexibility index (Phi) is 5.86. The lowest BCUT2D eigenvalue weighted by molar-refractivity contribution is 0.513. The van der Waals surface area contributed by atoms with Gasteiger partial charge < -0.3 is 4.57 Å². The van der Waals surface area contributed by atoms with Gasteiger partial charge in [-0.3, -0.25) is 14.3 Å². The second-order valence-electron chi connectivity index (χ2n) is 8.88. The van der Waals surface area contributed by atoms with Crippen molar-refractivity contribution in [2.24, 2.45) is 5.92 Å². The molecule has 0 fully saturated rings. The van der Waals surface area contributed by atoms with Gasteiger partial charge in [0.1, 0.15) is 5.82 Å². The molecule has 0 radical (unpaired) electrons. The van der Waals surface area contributed by atoms with Crippen molar-refractivity contribution in [2.45, 2.75) is 40.3 Å². The van der Waals surface area contributed by atoms with Crippen LogP contribution in [-0.4, -0.2) is 39.7 Å². The Morgan fingerprint density at radius 2 is 1.71 bits per heavy atom. The summed E-state index contributed by atoms with van der Waals surface area (Å²) in [5.41, 5.74) is 3.94. The van der Waals surface area contributed by atoms with Crippen molar-refractivity contribution in [3.05, 3.63) is 80.8 Å². The van der Waals surface area contributed by atoms with E-state index >= 15 is 0 Å². The van der Waals surface area contributed by atoms with Crippen molar-refractivity contribution in [3.8, 4) is 22.5 Å². The summed E-state index contributed by atoms with van der Waals surface area (Å²) >= 11 is 0. The molecule has 2 aromatic carbocycles. The van der Waals surface area contributed by atoms with E-state index in [1.807, 2.05) is 73.9 Å². The van der Waals surface area contributed by atoms with Crippen LogP contribution in [0.3, 0.4) is 0 Å². The highest BCUT2D eigenvalue weighted by Gasteiger charge is 2.19. The van der Waals surface area contributed by atoms with Gasteiger partial charge in [0, 0.05) is 25.1 Å². The molecule has 178 valence electrons. The smallest absolute Gasteiger partial charge is 0.318 e. The zero-order chi connectivity index (χ0) is 24.5. The van der Waals surface area contributed by atoms with Gasteiger partial charge in [0.05, 0.1) is 0 Å². The van der Waals surface area contributed by atoms with Crippen LogP contribution >= 0.6 is 0 Å². The van der Waals surface area contributed by atoms with E-state index in [0.717, 1.165) is 28.1 Å². The number of tetrazole rings is 1. The Morgan fingerprint density at radius 1 is 0.971 bits per heavy atom. The molecule has 0 aliphatic carbocycles. The Bertz CT molecular complexity index is 1590. The van der Waals surface area contributed by atoms with Crippen molar-refractivity contribution in [1.82, 2.24) is 39.7 Å². The average Bonchev–Trinajstić information content (AvgIpc) is 3.51. The number of hydrogen-bond donors (Lipinski definition) is 2. The van der Waals surface area contributed by atoms with Crippen LogP contribution in [-0.2, 0) is 19.5 Å². The van der Waals surface area contributed by atoms with E-state index in [0.29, 0.717) is 36.5 Å². The molecule has 0 saturated heterocycles. The van der Waals surface area contributed by atoms with Crippen LogP contribution in [0.25, 0.3) is 33.7 Å². The van der Waals surface area contributed by atoms with Gasteiger partial charge in [0.15, 0.2) is 11.2 Å². The largest absolute Gasteiger partial charge is 0.330 e. The fourth-order valence-corrected chi connectivity index (χ4v) is 4.37. The van der Waals surface area contributed by atoms with Gasteiger partial charge >= 0.3 is 5.69 Å². The number of benzene rings is 2. The monoisotopic (exact) mass is 470 g/mol. The maximum absolute atomic E-state index is 12.8. The summed E-state index contributed by atoms with van der Waals surface area (Å²) in [6.07, 6.45) is 0.639. The molecule has 0 bridgehead atoms. The summed E-state index contributed by atoms with van der Waals surface area (Å²) in [6.45, 7) is 7.00. The van der Waals surface area contributed by atoms with Crippen LogP contribution in [0.2, 0.25) is 0 Å². The van der Waals surface area contributed by atoms with E-state index in [1.54, 1.807) is 4.57 Å². The molecule has 0 aliphatic heterocycles. The average molecular weight is 471 g/mol. The molecule has 5 rings (SSSR count). The molecule has 10 heteroatoms. The zero-order valence-electron chi connectivity index (χ0n) is 19.8. The first-order valence-electron chi connectivity index (χ1n) is 11.6. The lowest BCUT2D eigenvalue weighted by Crippen LogP contribution is -2.32. The SMILES string of the molecule is CCc1nc2c(c(=O)[nH]c(=O)n2CC(C)C)n1Cc1ccc(-c2ccccc2-c2nn[nH]n2)cc1. The lowest BCUT2D eigenvalue weighted by atomic mass is 9.98. The first kappa shape index (κ1) is 22.5. The van der Waals surface area contributed by atoms with Crippen LogP contribution in [0.4, 0.5) is 0 Å². The first-order chi connectivity index (χ1) is 17.0. The Hall–Kier alpha value is -4.34. The predicted molar refractivity (Wildman–Crippen MR) is 133 cm³/mol. The van der Waals surface area contributed by atoms with Crippen LogP contribution < -0.4 is 11.2 Å². The van der Waals surface area contributed by atoms with E-state index < -0.39 is 11.2 Å². The van der Waals surface area contributed by atoms with Crippen molar-refractivity contribution < 1.29 is 0 Å². The Morgan fingerprint density at radius 3 is 2.37 bits per heavy atom. The normalized spacial score (nSPS) is 11.5. The second-order valence-corrected chi connectivity index (χ2v) is 8.88. The van der Waals surface area contributed by atoms with Gasteiger partial charge in [-0.05, 0) is 27.8 Å². The molecular weight excluding hydrogens is 444 g/mol. The number of nitrogens with one attached hydrogen (secondary N) is 2. The quantitative estimate of drug-likeness (QED) is 0.376. The third-order valence-electron chi connectivity index (χ3n) is 5.95. The standard InChI is InChI=1S/C25H26N8O2/c1-4-20-26-23-21(24(34)27-25(35)33(23)13-15(2)3)32(20)14-16-9-11-17(12-10-16)18-7-5-6-8-19(18)22-28-30-31-29-22/h5-12,15H,4,13-14H2,1-3H3,(H,27,34,35)(H,28,29,30,31). The maximum atomic E-state index is 12.8.